The van der Waals surface area contributed by atoms with E-state index in [0.717, 1.165) is 5.17 Å². The second kappa shape index (κ2) is 3.73. The first-order valence-electron chi connectivity index (χ1n) is 3.48. The van der Waals surface area contributed by atoms with Crippen LogP contribution in [0.5, 0.6) is 0 Å². The molecule has 0 bridgehead atoms. The number of carbonyl (C=O) groups is 1. The predicted molar refractivity (Wildman–Crippen MR) is 44.9 cm³/mol. The van der Waals surface area contributed by atoms with E-state index in [0.29, 0.717) is 5.69 Å². The molecule has 0 aliphatic rings. The lowest BCUT2D eigenvalue weighted by atomic mass is 10.3. The van der Waals surface area contributed by atoms with Gasteiger partial charge < -0.3 is 4.84 Å². The van der Waals surface area contributed by atoms with Crippen molar-refractivity contribution >= 4 is 11.7 Å². The maximum Gasteiger partial charge on any atom is 0.331 e. The summed E-state index contributed by atoms with van der Waals surface area (Å²) in [4.78, 5) is 15.1. The number of para-hydroxylation sites is 1. The molecule has 4 heteroatoms. The van der Waals surface area contributed by atoms with Crippen molar-refractivity contribution in [2.45, 2.75) is 6.92 Å². The minimum absolute atomic E-state index is 0.443. The zero-order valence-electron chi connectivity index (χ0n) is 6.73. The molecule has 0 saturated carbocycles. The van der Waals surface area contributed by atoms with Crippen LogP contribution in [0.15, 0.2) is 30.3 Å². The van der Waals surface area contributed by atoms with Crippen molar-refractivity contribution in [1.29, 1.82) is 0 Å². The smallest absolute Gasteiger partial charge is 0.326 e. The fourth-order valence-corrected chi connectivity index (χ4v) is 0.766. The van der Waals surface area contributed by atoms with Crippen LogP contribution in [0.4, 0.5) is 5.69 Å². The van der Waals surface area contributed by atoms with E-state index in [1.807, 2.05) is 6.07 Å². The summed E-state index contributed by atoms with van der Waals surface area (Å²) in [6.45, 7) is 1.29. The van der Waals surface area contributed by atoms with Crippen molar-refractivity contribution < 1.29 is 9.63 Å². The third-order valence-corrected chi connectivity index (χ3v) is 1.24. The normalized spacial score (nSPS) is 9.17. The van der Waals surface area contributed by atoms with Crippen molar-refractivity contribution in [2.24, 2.45) is 5.84 Å². The van der Waals surface area contributed by atoms with Crippen molar-refractivity contribution in [3.05, 3.63) is 30.3 Å². The summed E-state index contributed by atoms with van der Waals surface area (Å²) in [5.41, 5.74) is 0.632. The summed E-state index contributed by atoms with van der Waals surface area (Å²) in [7, 11) is 0. The molecular formula is C8H10N2O2. The van der Waals surface area contributed by atoms with Crippen LogP contribution in [0.3, 0.4) is 0 Å². The van der Waals surface area contributed by atoms with Gasteiger partial charge in [-0.2, -0.15) is 0 Å². The first kappa shape index (κ1) is 8.55. The van der Waals surface area contributed by atoms with Gasteiger partial charge in [0.05, 0.1) is 5.69 Å². The van der Waals surface area contributed by atoms with Crippen LogP contribution in [0.1, 0.15) is 6.92 Å². The highest BCUT2D eigenvalue weighted by Crippen LogP contribution is 2.08. The van der Waals surface area contributed by atoms with Gasteiger partial charge in [-0.25, -0.2) is 10.6 Å². The first-order chi connectivity index (χ1) is 5.70. The number of carbonyl (C=O) groups excluding carboxylic acids is 1. The van der Waals surface area contributed by atoms with Gasteiger partial charge in [0.15, 0.2) is 0 Å². The highest BCUT2D eigenvalue weighted by Gasteiger charge is 2.02. The van der Waals surface area contributed by atoms with Gasteiger partial charge in [-0.1, -0.05) is 18.2 Å². The van der Waals surface area contributed by atoms with Crippen LogP contribution in [0, 0.1) is 0 Å². The van der Waals surface area contributed by atoms with E-state index < -0.39 is 5.97 Å². The third-order valence-electron chi connectivity index (χ3n) is 1.24. The molecule has 1 aromatic carbocycles. The fourth-order valence-electron chi connectivity index (χ4n) is 0.766. The molecular weight excluding hydrogens is 156 g/mol. The standard InChI is InChI=1S/C8H10N2O2/c1-7(11)12-10(9)8-5-3-2-4-6-8/h2-6H,9H2,1H3. The molecule has 0 saturated heterocycles. The molecule has 0 aliphatic carbocycles. The Morgan fingerprint density at radius 1 is 1.42 bits per heavy atom. The van der Waals surface area contributed by atoms with E-state index in [1.54, 1.807) is 24.3 Å². The van der Waals surface area contributed by atoms with Gasteiger partial charge in [-0.3, -0.25) is 0 Å². The summed E-state index contributed by atoms with van der Waals surface area (Å²) in [6.07, 6.45) is 0. The van der Waals surface area contributed by atoms with Crippen molar-refractivity contribution in [3.63, 3.8) is 0 Å². The molecule has 0 heterocycles. The SMILES string of the molecule is CC(=O)ON(N)c1ccccc1. The minimum Gasteiger partial charge on any atom is -0.326 e. The summed E-state index contributed by atoms with van der Waals surface area (Å²) in [6, 6.07) is 8.94. The molecule has 0 spiro atoms. The Morgan fingerprint density at radius 2 is 2.00 bits per heavy atom. The Bertz CT molecular complexity index is 261. The van der Waals surface area contributed by atoms with Crippen molar-refractivity contribution in [3.8, 4) is 0 Å². The Balaban J connectivity index is 2.65. The molecule has 1 rings (SSSR count). The molecule has 0 atom stereocenters. The summed E-state index contributed by atoms with van der Waals surface area (Å²) >= 11 is 0. The highest BCUT2D eigenvalue weighted by atomic mass is 16.7. The molecule has 4 nitrogen and oxygen atoms in total. The first-order valence-corrected chi connectivity index (χ1v) is 3.48. The largest absolute Gasteiger partial charge is 0.331 e. The molecule has 1 aromatic rings. The summed E-state index contributed by atoms with van der Waals surface area (Å²) < 4.78 is 0. The van der Waals surface area contributed by atoms with Crippen LogP contribution < -0.4 is 11.0 Å². The zero-order chi connectivity index (χ0) is 8.97. The fraction of sp³-hybridized carbons (Fsp3) is 0.125. The van der Waals surface area contributed by atoms with Gasteiger partial charge in [0.2, 0.25) is 0 Å². The summed E-state index contributed by atoms with van der Waals surface area (Å²) in [5, 5.41) is 0.933. The molecule has 0 fully saturated rings. The number of hydrogen-bond donors (Lipinski definition) is 1. The third kappa shape index (κ3) is 2.25. The second-order valence-electron chi connectivity index (χ2n) is 2.24. The van der Waals surface area contributed by atoms with Crippen LogP contribution in [0.2, 0.25) is 0 Å². The Hall–Kier alpha value is -1.55. The molecule has 0 radical (unpaired) electrons. The molecule has 0 aliphatic heterocycles. The maximum atomic E-state index is 10.5. The number of benzene rings is 1. The van der Waals surface area contributed by atoms with E-state index in [2.05, 4.69) is 4.84 Å². The van der Waals surface area contributed by atoms with Crippen LogP contribution in [-0.4, -0.2) is 5.97 Å². The van der Waals surface area contributed by atoms with Gasteiger partial charge in [-0.05, 0) is 12.1 Å². The van der Waals surface area contributed by atoms with Gasteiger partial charge in [0, 0.05) is 6.92 Å². The molecule has 0 unspecified atom stereocenters. The molecule has 0 aromatic heterocycles. The number of nitrogens with zero attached hydrogens (tertiary/aromatic N) is 1. The number of hydrogen-bond acceptors (Lipinski definition) is 4. The van der Waals surface area contributed by atoms with E-state index in [1.165, 1.54) is 6.92 Å². The topological polar surface area (TPSA) is 55.6 Å². The number of hydrazine groups is 1. The Kier molecular flexibility index (Phi) is 2.66. The monoisotopic (exact) mass is 166 g/mol. The second-order valence-corrected chi connectivity index (χ2v) is 2.24. The van der Waals surface area contributed by atoms with E-state index in [-0.39, 0.29) is 0 Å². The van der Waals surface area contributed by atoms with Crippen molar-refractivity contribution in [1.82, 2.24) is 0 Å². The van der Waals surface area contributed by atoms with Crippen LogP contribution >= 0.6 is 0 Å². The van der Waals surface area contributed by atoms with Gasteiger partial charge in [-0.15, -0.1) is 5.17 Å². The van der Waals surface area contributed by atoms with Crippen LogP contribution in [0.25, 0.3) is 0 Å². The summed E-state index contributed by atoms with van der Waals surface area (Å²) in [5.74, 6) is 4.94. The lowest BCUT2D eigenvalue weighted by molar-refractivity contribution is -0.142. The molecule has 2 N–H and O–H groups in total. The average molecular weight is 166 g/mol. The molecule has 64 valence electrons. The van der Waals surface area contributed by atoms with Gasteiger partial charge in [0.25, 0.3) is 0 Å². The highest BCUT2D eigenvalue weighted by molar-refractivity contribution is 5.67. The Morgan fingerprint density at radius 3 is 2.50 bits per heavy atom. The Labute approximate surface area is 70.5 Å². The van der Waals surface area contributed by atoms with Crippen LogP contribution in [-0.2, 0) is 9.63 Å². The van der Waals surface area contributed by atoms with Gasteiger partial charge >= 0.3 is 5.97 Å². The van der Waals surface area contributed by atoms with Crippen molar-refractivity contribution in [2.75, 3.05) is 5.17 Å². The van der Waals surface area contributed by atoms with E-state index >= 15 is 0 Å². The zero-order valence-corrected chi connectivity index (χ0v) is 6.73. The molecule has 12 heavy (non-hydrogen) atoms. The molecule has 0 amide bonds. The average Bonchev–Trinajstić information content (AvgIpc) is 2.05. The lowest BCUT2D eigenvalue weighted by Crippen LogP contribution is -2.32. The minimum atomic E-state index is -0.443. The number of rotatable bonds is 2. The lowest BCUT2D eigenvalue weighted by Gasteiger charge is -2.15. The van der Waals surface area contributed by atoms with E-state index in [4.69, 9.17) is 5.84 Å². The number of anilines is 1. The predicted octanol–water partition coefficient (Wildman–Crippen LogP) is 0.845. The maximum absolute atomic E-state index is 10.5. The number of nitrogens with two attached hydrogens (primary N) is 1. The van der Waals surface area contributed by atoms with Gasteiger partial charge in [0.1, 0.15) is 0 Å². The quantitative estimate of drug-likeness (QED) is 0.522. The van der Waals surface area contributed by atoms with E-state index in [9.17, 15) is 4.79 Å².